The zero-order valence-electron chi connectivity index (χ0n) is 15.0. The quantitative estimate of drug-likeness (QED) is 0.596. The number of nitrogens with zero attached hydrogens (tertiary/aromatic N) is 2. The van der Waals surface area contributed by atoms with Crippen molar-refractivity contribution >= 4 is 32.4 Å². The highest BCUT2D eigenvalue weighted by atomic mass is 32.2. The van der Waals surface area contributed by atoms with Gasteiger partial charge in [-0.25, -0.2) is 17.5 Å². The maximum atomic E-state index is 13.0. The Morgan fingerprint density at radius 2 is 1.86 bits per heavy atom. The number of carbonyl (C=O) groups is 1. The summed E-state index contributed by atoms with van der Waals surface area (Å²) in [4.78, 5) is 12.2. The van der Waals surface area contributed by atoms with E-state index in [1.165, 1.54) is 24.3 Å². The molecule has 0 saturated heterocycles. The Morgan fingerprint density at radius 1 is 1.14 bits per heavy atom. The molecule has 10 heteroatoms. The van der Waals surface area contributed by atoms with Crippen LogP contribution < -0.4 is 10.0 Å². The normalized spacial score (nSPS) is 12.5. The van der Waals surface area contributed by atoms with Crippen LogP contribution in [0.5, 0.6) is 0 Å². The second-order valence-electron chi connectivity index (χ2n) is 6.09. The molecule has 0 bridgehead atoms. The molecule has 28 heavy (non-hydrogen) atoms. The number of halogens is 1. The predicted octanol–water partition coefficient (Wildman–Crippen LogP) is 3.28. The number of amides is 1. The van der Waals surface area contributed by atoms with Crippen LogP contribution in [0.15, 0.2) is 52.9 Å². The lowest BCUT2D eigenvalue weighted by Crippen LogP contribution is -2.26. The number of nitrogens with one attached hydrogen (secondary N) is 2. The molecule has 0 aliphatic carbocycles. The van der Waals surface area contributed by atoms with Gasteiger partial charge < -0.3 is 0 Å². The molecule has 0 unspecified atom stereocenters. The van der Waals surface area contributed by atoms with Crippen molar-refractivity contribution in [3.05, 3.63) is 71.0 Å². The van der Waals surface area contributed by atoms with Crippen LogP contribution in [-0.2, 0) is 10.0 Å². The van der Waals surface area contributed by atoms with Crippen molar-refractivity contribution < 1.29 is 17.6 Å². The van der Waals surface area contributed by atoms with Crippen LogP contribution in [0.3, 0.4) is 0 Å². The summed E-state index contributed by atoms with van der Waals surface area (Å²) in [6, 6.07) is 11.9. The van der Waals surface area contributed by atoms with E-state index in [0.717, 1.165) is 16.9 Å². The third kappa shape index (κ3) is 4.77. The molecule has 1 amide bonds. The van der Waals surface area contributed by atoms with E-state index in [2.05, 4.69) is 20.2 Å². The Hall–Kier alpha value is -2.69. The lowest BCUT2D eigenvalue weighted by Gasteiger charge is -2.12. The first-order valence-corrected chi connectivity index (χ1v) is 10.5. The summed E-state index contributed by atoms with van der Waals surface area (Å²) in [6.45, 7) is 3.49. The zero-order chi connectivity index (χ0) is 20.3. The van der Waals surface area contributed by atoms with Crippen LogP contribution in [0.1, 0.15) is 34.5 Å². The first-order chi connectivity index (χ1) is 13.2. The minimum Gasteiger partial charge on any atom is -0.296 e. The van der Waals surface area contributed by atoms with E-state index in [1.807, 2.05) is 13.0 Å². The molecule has 3 aromatic rings. The first kappa shape index (κ1) is 20.1. The lowest BCUT2D eigenvalue weighted by atomic mass is 10.1. The monoisotopic (exact) mass is 420 g/mol. The summed E-state index contributed by atoms with van der Waals surface area (Å²) in [6.07, 6.45) is 0. The molecular formula is C18H17FN4O3S2. The molecule has 1 heterocycles. The Bertz CT molecular complexity index is 1100. The van der Waals surface area contributed by atoms with E-state index in [-0.39, 0.29) is 9.47 Å². The van der Waals surface area contributed by atoms with Crippen molar-refractivity contribution in [3.8, 4) is 0 Å². The van der Waals surface area contributed by atoms with E-state index in [0.29, 0.717) is 11.1 Å². The van der Waals surface area contributed by atoms with Gasteiger partial charge in [0.2, 0.25) is 9.47 Å². The summed E-state index contributed by atoms with van der Waals surface area (Å²) in [5, 5.41) is 10.00. The van der Waals surface area contributed by atoms with Crippen molar-refractivity contribution in [2.75, 3.05) is 5.32 Å². The number of benzene rings is 2. The average Bonchev–Trinajstić information content (AvgIpc) is 3.11. The van der Waals surface area contributed by atoms with Crippen molar-refractivity contribution in [1.82, 2.24) is 14.9 Å². The second-order valence-corrected chi connectivity index (χ2v) is 8.96. The van der Waals surface area contributed by atoms with Gasteiger partial charge in [0.15, 0.2) is 0 Å². The van der Waals surface area contributed by atoms with Gasteiger partial charge in [0.05, 0.1) is 0 Å². The Balaban J connectivity index is 1.71. The zero-order valence-corrected chi connectivity index (χ0v) is 16.6. The van der Waals surface area contributed by atoms with Crippen molar-refractivity contribution in [2.24, 2.45) is 0 Å². The number of anilines is 1. The van der Waals surface area contributed by atoms with Gasteiger partial charge in [-0.2, -0.15) is 0 Å². The number of rotatable bonds is 6. The largest absolute Gasteiger partial charge is 0.296 e. The average molecular weight is 420 g/mol. The van der Waals surface area contributed by atoms with E-state index in [4.69, 9.17) is 0 Å². The van der Waals surface area contributed by atoms with Crippen molar-refractivity contribution in [3.63, 3.8) is 0 Å². The van der Waals surface area contributed by atoms with Gasteiger partial charge in [0.25, 0.3) is 15.9 Å². The second kappa shape index (κ2) is 8.13. The van der Waals surface area contributed by atoms with Crippen molar-refractivity contribution in [2.45, 2.75) is 24.2 Å². The molecule has 2 aromatic carbocycles. The number of aryl methyl sites for hydroxylation is 1. The van der Waals surface area contributed by atoms with Crippen LogP contribution in [0.4, 0.5) is 9.52 Å². The number of carbonyl (C=O) groups excluding carboxylic acids is 1. The Morgan fingerprint density at radius 3 is 2.54 bits per heavy atom. The fourth-order valence-electron chi connectivity index (χ4n) is 2.43. The minimum atomic E-state index is -3.95. The lowest BCUT2D eigenvalue weighted by molar-refractivity contribution is 0.102. The molecule has 0 fully saturated rings. The first-order valence-electron chi connectivity index (χ1n) is 8.24. The number of aromatic nitrogens is 2. The van der Waals surface area contributed by atoms with Gasteiger partial charge >= 0.3 is 0 Å². The summed E-state index contributed by atoms with van der Waals surface area (Å²) in [7, 11) is -3.95. The maximum Gasteiger partial charge on any atom is 0.270 e. The smallest absolute Gasteiger partial charge is 0.270 e. The van der Waals surface area contributed by atoms with Crippen LogP contribution in [-0.4, -0.2) is 24.5 Å². The SMILES string of the molecule is Cc1cccc(C(=O)Nc2nnc(S(=O)(=O)N[C@H](C)c3ccc(F)cc3)s2)c1. The highest BCUT2D eigenvalue weighted by molar-refractivity contribution is 7.91. The summed E-state index contributed by atoms with van der Waals surface area (Å²) in [5.41, 5.74) is 1.96. The molecule has 7 nitrogen and oxygen atoms in total. The Kier molecular flexibility index (Phi) is 5.82. The van der Waals surface area contributed by atoms with E-state index in [1.54, 1.807) is 25.1 Å². The number of sulfonamides is 1. The summed E-state index contributed by atoms with van der Waals surface area (Å²) >= 11 is 0.742. The molecule has 0 radical (unpaired) electrons. The fourth-order valence-corrected chi connectivity index (χ4v) is 4.57. The molecule has 0 spiro atoms. The van der Waals surface area contributed by atoms with Gasteiger partial charge in [0.1, 0.15) is 5.82 Å². The number of hydrogen-bond donors (Lipinski definition) is 2. The molecular weight excluding hydrogens is 403 g/mol. The van der Waals surface area contributed by atoms with Gasteiger partial charge in [-0.3, -0.25) is 10.1 Å². The van der Waals surface area contributed by atoms with Gasteiger partial charge in [-0.15, -0.1) is 10.2 Å². The van der Waals surface area contributed by atoms with Crippen LogP contribution in [0, 0.1) is 12.7 Å². The number of hydrogen-bond acceptors (Lipinski definition) is 6. The molecule has 1 aromatic heterocycles. The highest BCUT2D eigenvalue weighted by Crippen LogP contribution is 2.23. The molecule has 2 N–H and O–H groups in total. The molecule has 1 atom stereocenters. The summed E-state index contributed by atoms with van der Waals surface area (Å²) in [5.74, 6) is -0.812. The third-order valence-corrected chi connectivity index (χ3v) is 6.59. The highest BCUT2D eigenvalue weighted by Gasteiger charge is 2.24. The maximum absolute atomic E-state index is 13.0. The van der Waals surface area contributed by atoms with Crippen molar-refractivity contribution in [1.29, 1.82) is 0 Å². The fraction of sp³-hybridized carbons (Fsp3) is 0.167. The van der Waals surface area contributed by atoms with Crippen LogP contribution in [0.25, 0.3) is 0 Å². The minimum absolute atomic E-state index is 0.0707. The van der Waals surface area contributed by atoms with Gasteiger partial charge in [-0.1, -0.05) is 41.2 Å². The van der Waals surface area contributed by atoms with Gasteiger partial charge in [0, 0.05) is 11.6 Å². The summed E-state index contributed by atoms with van der Waals surface area (Å²) < 4.78 is 40.2. The van der Waals surface area contributed by atoms with E-state index < -0.39 is 27.8 Å². The van der Waals surface area contributed by atoms with Gasteiger partial charge in [-0.05, 0) is 43.7 Å². The topological polar surface area (TPSA) is 101 Å². The molecule has 0 aliphatic heterocycles. The molecule has 0 aliphatic rings. The standard InChI is InChI=1S/C18H17FN4O3S2/c1-11-4-3-5-14(10-11)16(24)20-17-21-22-18(27-17)28(25,26)23-12(2)13-6-8-15(19)9-7-13/h3-10,12,23H,1-2H3,(H,20,21,24)/t12-/m1/s1. The van der Waals surface area contributed by atoms with E-state index in [9.17, 15) is 17.6 Å². The van der Waals surface area contributed by atoms with Crippen LogP contribution in [0.2, 0.25) is 0 Å². The van der Waals surface area contributed by atoms with E-state index >= 15 is 0 Å². The molecule has 146 valence electrons. The third-order valence-electron chi connectivity index (χ3n) is 3.84. The molecule has 3 rings (SSSR count). The predicted molar refractivity (Wildman–Crippen MR) is 104 cm³/mol. The Labute approximate surface area is 165 Å². The van der Waals surface area contributed by atoms with Crippen LogP contribution >= 0.6 is 11.3 Å². The molecule has 0 saturated carbocycles.